The van der Waals surface area contributed by atoms with E-state index in [9.17, 15) is 14.4 Å². The van der Waals surface area contributed by atoms with Crippen molar-refractivity contribution in [2.75, 3.05) is 13.2 Å². The zero-order valence-electron chi connectivity index (χ0n) is 55.0. The summed E-state index contributed by atoms with van der Waals surface area (Å²) in [6, 6.07) is 0. The number of ether oxygens (including phenoxy) is 3. The third-order valence-electron chi connectivity index (χ3n) is 16.2. The largest absolute Gasteiger partial charge is 0.462 e. The van der Waals surface area contributed by atoms with E-state index < -0.39 is 6.10 Å². The lowest BCUT2D eigenvalue weighted by Gasteiger charge is -2.18. The van der Waals surface area contributed by atoms with E-state index in [0.29, 0.717) is 19.3 Å². The van der Waals surface area contributed by atoms with Gasteiger partial charge in [0.25, 0.3) is 0 Å². The molecule has 0 aliphatic heterocycles. The van der Waals surface area contributed by atoms with E-state index in [1.165, 1.54) is 263 Å². The zero-order chi connectivity index (χ0) is 59.2. The van der Waals surface area contributed by atoms with E-state index in [-0.39, 0.29) is 31.1 Å². The first-order valence-corrected chi connectivity index (χ1v) is 36.3. The first-order chi connectivity index (χ1) is 40.5. The molecule has 0 heterocycles. The van der Waals surface area contributed by atoms with Gasteiger partial charge in [-0.1, -0.05) is 319 Å². The molecule has 0 rings (SSSR count). The fraction of sp³-hybridized carbons (Fsp3) is 0.829. The minimum absolute atomic E-state index is 0.0767. The van der Waals surface area contributed by atoms with Gasteiger partial charge in [0.15, 0.2) is 6.10 Å². The lowest BCUT2D eigenvalue weighted by molar-refractivity contribution is -0.167. The monoisotopic (exact) mass is 1150 g/mol. The predicted octanol–water partition coefficient (Wildman–Crippen LogP) is 25.1. The van der Waals surface area contributed by atoms with E-state index in [1.54, 1.807) is 0 Å². The molecular formula is C76H138O6. The number of esters is 3. The van der Waals surface area contributed by atoms with Gasteiger partial charge in [0.2, 0.25) is 0 Å². The summed E-state index contributed by atoms with van der Waals surface area (Å²) in [4.78, 5) is 38.5. The van der Waals surface area contributed by atoms with E-state index >= 15 is 0 Å². The van der Waals surface area contributed by atoms with E-state index in [0.717, 1.165) is 83.5 Å². The molecular weight excluding hydrogens is 1010 g/mol. The Balaban J connectivity index is 4.31. The molecule has 478 valence electrons. The van der Waals surface area contributed by atoms with Crippen molar-refractivity contribution < 1.29 is 28.6 Å². The van der Waals surface area contributed by atoms with Crippen LogP contribution in [0.5, 0.6) is 0 Å². The second-order valence-electron chi connectivity index (χ2n) is 24.5. The van der Waals surface area contributed by atoms with Crippen molar-refractivity contribution in [3.63, 3.8) is 0 Å². The van der Waals surface area contributed by atoms with Gasteiger partial charge in [-0.05, 0) is 109 Å². The maximum atomic E-state index is 13.0. The summed E-state index contributed by atoms with van der Waals surface area (Å²) in [5, 5.41) is 0. The minimum Gasteiger partial charge on any atom is -0.462 e. The van der Waals surface area contributed by atoms with Crippen molar-refractivity contribution in [3.05, 3.63) is 60.8 Å². The van der Waals surface area contributed by atoms with Crippen LogP contribution in [0.4, 0.5) is 0 Å². The molecule has 0 aromatic heterocycles. The second-order valence-corrected chi connectivity index (χ2v) is 24.5. The zero-order valence-corrected chi connectivity index (χ0v) is 55.0. The van der Waals surface area contributed by atoms with Gasteiger partial charge in [-0.15, -0.1) is 0 Å². The molecule has 0 aromatic rings. The average Bonchev–Trinajstić information content (AvgIpc) is 3.48. The quantitative estimate of drug-likeness (QED) is 0.0261. The molecule has 0 saturated heterocycles. The summed E-state index contributed by atoms with van der Waals surface area (Å²) in [6.45, 7) is 6.66. The first-order valence-electron chi connectivity index (χ1n) is 36.3. The summed E-state index contributed by atoms with van der Waals surface area (Å²) in [5.74, 6) is -0.869. The highest BCUT2D eigenvalue weighted by Crippen LogP contribution is 2.18. The fourth-order valence-electron chi connectivity index (χ4n) is 10.7. The number of unbranched alkanes of at least 4 members (excludes halogenated alkanes) is 46. The lowest BCUT2D eigenvalue weighted by Crippen LogP contribution is -2.30. The molecule has 0 aliphatic rings. The topological polar surface area (TPSA) is 78.9 Å². The predicted molar refractivity (Wildman–Crippen MR) is 358 cm³/mol. The Morgan fingerprint density at radius 2 is 0.439 bits per heavy atom. The van der Waals surface area contributed by atoms with Crippen molar-refractivity contribution in [3.8, 4) is 0 Å². The van der Waals surface area contributed by atoms with E-state index in [1.807, 2.05) is 0 Å². The number of hydrogen-bond donors (Lipinski definition) is 0. The van der Waals surface area contributed by atoms with Crippen LogP contribution in [0.2, 0.25) is 0 Å². The van der Waals surface area contributed by atoms with Crippen molar-refractivity contribution in [1.29, 1.82) is 0 Å². The SMILES string of the molecule is CCCCCC/C=C\C/C=C\CCCCCCCC(=O)OCC(COC(=O)CCCCCCCCCCCCCCC/C=C\CCCCCCCCCC)OC(=O)CCCCCCCCCCCCC/C=C\C/C=C\CCCCCCC. The molecule has 0 fully saturated rings. The molecule has 0 aliphatic carbocycles. The highest BCUT2D eigenvalue weighted by atomic mass is 16.6. The van der Waals surface area contributed by atoms with Crippen molar-refractivity contribution >= 4 is 17.9 Å². The highest BCUT2D eigenvalue weighted by Gasteiger charge is 2.19. The third-order valence-corrected chi connectivity index (χ3v) is 16.2. The van der Waals surface area contributed by atoms with Crippen LogP contribution in [0.25, 0.3) is 0 Å². The van der Waals surface area contributed by atoms with Crippen LogP contribution >= 0.6 is 0 Å². The second kappa shape index (κ2) is 70.6. The molecule has 0 spiro atoms. The van der Waals surface area contributed by atoms with Gasteiger partial charge in [-0.2, -0.15) is 0 Å². The van der Waals surface area contributed by atoms with E-state index in [2.05, 4.69) is 81.5 Å². The van der Waals surface area contributed by atoms with E-state index in [4.69, 9.17) is 14.2 Å². The molecule has 6 nitrogen and oxygen atoms in total. The van der Waals surface area contributed by atoms with Gasteiger partial charge in [0.05, 0.1) is 0 Å². The molecule has 0 bridgehead atoms. The number of allylic oxidation sites excluding steroid dienone is 10. The summed E-state index contributed by atoms with van der Waals surface area (Å²) >= 11 is 0. The molecule has 6 heteroatoms. The molecule has 0 saturated carbocycles. The van der Waals surface area contributed by atoms with Crippen LogP contribution in [0, 0.1) is 0 Å². The Morgan fingerprint density at radius 1 is 0.244 bits per heavy atom. The normalized spacial score (nSPS) is 12.4. The highest BCUT2D eigenvalue weighted by molar-refractivity contribution is 5.71. The molecule has 0 radical (unpaired) electrons. The third kappa shape index (κ3) is 67.9. The summed E-state index contributed by atoms with van der Waals surface area (Å²) in [7, 11) is 0. The van der Waals surface area contributed by atoms with Gasteiger partial charge in [0, 0.05) is 19.3 Å². The summed E-state index contributed by atoms with van der Waals surface area (Å²) in [5.41, 5.74) is 0. The molecule has 0 N–H and O–H groups in total. The van der Waals surface area contributed by atoms with Gasteiger partial charge in [-0.25, -0.2) is 0 Å². The maximum Gasteiger partial charge on any atom is 0.306 e. The number of rotatable bonds is 67. The number of carbonyl (C=O) groups is 3. The van der Waals surface area contributed by atoms with Crippen molar-refractivity contribution in [1.82, 2.24) is 0 Å². The maximum absolute atomic E-state index is 13.0. The molecule has 0 amide bonds. The molecule has 82 heavy (non-hydrogen) atoms. The van der Waals surface area contributed by atoms with Crippen LogP contribution in [0.1, 0.15) is 387 Å². The Bertz CT molecular complexity index is 1460. The van der Waals surface area contributed by atoms with Crippen molar-refractivity contribution in [2.45, 2.75) is 393 Å². The van der Waals surface area contributed by atoms with Crippen LogP contribution in [-0.4, -0.2) is 37.2 Å². The summed E-state index contributed by atoms with van der Waals surface area (Å²) in [6.07, 6.45) is 91.0. The summed E-state index contributed by atoms with van der Waals surface area (Å²) < 4.78 is 17.0. The minimum atomic E-state index is -0.783. The number of carbonyl (C=O) groups excluding carboxylic acids is 3. The Kier molecular flexibility index (Phi) is 68.1. The van der Waals surface area contributed by atoms with Crippen LogP contribution < -0.4 is 0 Å². The molecule has 1 unspecified atom stereocenters. The smallest absolute Gasteiger partial charge is 0.306 e. The fourth-order valence-corrected chi connectivity index (χ4v) is 10.7. The lowest BCUT2D eigenvalue weighted by atomic mass is 10.0. The van der Waals surface area contributed by atoms with Crippen LogP contribution in [0.3, 0.4) is 0 Å². The van der Waals surface area contributed by atoms with Gasteiger partial charge in [0.1, 0.15) is 13.2 Å². The molecule has 0 aromatic carbocycles. The Labute approximate surface area is 510 Å². The van der Waals surface area contributed by atoms with Crippen LogP contribution in [0.15, 0.2) is 60.8 Å². The van der Waals surface area contributed by atoms with Gasteiger partial charge >= 0.3 is 17.9 Å². The van der Waals surface area contributed by atoms with Crippen molar-refractivity contribution in [2.24, 2.45) is 0 Å². The number of hydrogen-bond acceptors (Lipinski definition) is 6. The standard InChI is InChI=1S/C76H138O6/c1-4-7-10-13-16-19-22-25-28-31-33-35-37-38-40-41-43-45-48-51-54-57-60-63-66-69-75(78)81-72-73(71-80-74(77)68-65-62-59-56-53-50-47-30-27-24-21-18-15-12-9-6-3)82-76(79)70-67-64-61-58-55-52-49-46-44-42-39-36-34-32-29-26-23-20-17-14-11-8-5-2/h21,23-24,26,30-34,47,73H,4-20,22,25,27-29,35-46,48-72H2,1-3H3/b24-21-,26-23-,33-31-,34-32-,47-30-. The first kappa shape index (κ1) is 79.1. The van der Waals surface area contributed by atoms with Gasteiger partial charge < -0.3 is 14.2 Å². The molecule has 1 atom stereocenters. The van der Waals surface area contributed by atoms with Gasteiger partial charge in [-0.3, -0.25) is 14.4 Å². The Morgan fingerprint density at radius 3 is 0.695 bits per heavy atom. The average molecular weight is 1150 g/mol. The van der Waals surface area contributed by atoms with Crippen LogP contribution in [-0.2, 0) is 28.6 Å². The Hall–Kier alpha value is -2.89.